The first-order valence-corrected chi connectivity index (χ1v) is 9.83. The fourth-order valence-electron chi connectivity index (χ4n) is 2.50. The lowest BCUT2D eigenvalue weighted by molar-refractivity contribution is 0.509. The molecule has 2 heterocycles. The summed E-state index contributed by atoms with van der Waals surface area (Å²) in [5, 5.41) is 7.59. The molecule has 0 atom stereocenters. The van der Waals surface area contributed by atoms with Gasteiger partial charge >= 0.3 is 0 Å². The molecule has 0 aliphatic rings. The van der Waals surface area contributed by atoms with Crippen molar-refractivity contribution >= 4 is 41.3 Å². The van der Waals surface area contributed by atoms with Gasteiger partial charge in [0.1, 0.15) is 11.6 Å². The highest BCUT2D eigenvalue weighted by atomic mass is 127. The first-order chi connectivity index (χ1) is 13.0. The van der Waals surface area contributed by atoms with E-state index in [0.29, 0.717) is 19.0 Å². The number of rotatable bonds is 6. The molecule has 0 saturated heterocycles. The minimum Gasteiger partial charge on any atom is -0.439 e. The van der Waals surface area contributed by atoms with Gasteiger partial charge in [0.2, 0.25) is 5.89 Å². The van der Waals surface area contributed by atoms with E-state index in [-0.39, 0.29) is 24.0 Å². The first-order valence-electron chi connectivity index (χ1n) is 9.02. The zero-order valence-corrected chi connectivity index (χ0v) is 19.7. The molecule has 6 nitrogen and oxygen atoms in total. The molecule has 3 aromatic rings. The topological polar surface area (TPSA) is 75.3 Å². The molecule has 0 saturated carbocycles. The van der Waals surface area contributed by atoms with Gasteiger partial charge in [0.25, 0.3) is 0 Å². The molecule has 150 valence electrons. The maximum Gasteiger partial charge on any atom is 0.216 e. The minimum atomic E-state index is 0. The van der Waals surface area contributed by atoms with Gasteiger partial charge in [-0.25, -0.2) is 15.0 Å². The van der Waals surface area contributed by atoms with Gasteiger partial charge in [0.05, 0.1) is 18.4 Å². The van der Waals surface area contributed by atoms with Crippen LogP contribution in [0.5, 0.6) is 0 Å². The van der Waals surface area contributed by atoms with Crippen molar-refractivity contribution in [2.45, 2.75) is 40.8 Å². The van der Waals surface area contributed by atoms with Crippen molar-refractivity contribution in [2.75, 3.05) is 6.54 Å². The van der Waals surface area contributed by atoms with Gasteiger partial charge in [0, 0.05) is 17.0 Å². The SMILES string of the molecule is CCNC(=NCc1ncc(-c2ccc(C)cc2)o1)NCc1nc(C)c(C)s1.I. The van der Waals surface area contributed by atoms with Crippen molar-refractivity contribution in [3.8, 4) is 11.3 Å². The molecule has 0 unspecified atom stereocenters. The summed E-state index contributed by atoms with van der Waals surface area (Å²) in [6.07, 6.45) is 1.75. The van der Waals surface area contributed by atoms with Crippen LogP contribution in [0.2, 0.25) is 0 Å². The van der Waals surface area contributed by atoms with E-state index in [2.05, 4.69) is 51.6 Å². The molecule has 0 radical (unpaired) electrons. The highest BCUT2D eigenvalue weighted by molar-refractivity contribution is 14.0. The van der Waals surface area contributed by atoms with Gasteiger partial charge in [-0.3, -0.25) is 0 Å². The number of aromatic nitrogens is 2. The second-order valence-corrected chi connectivity index (χ2v) is 7.57. The van der Waals surface area contributed by atoms with Crippen LogP contribution in [0.1, 0.15) is 34.0 Å². The van der Waals surface area contributed by atoms with E-state index in [0.717, 1.165) is 34.5 Å². The number of oxazole rings is 1. The third-order valence-electron chi connectivity index (χ3n) is 4.09. The lowest BCUT2D eigenvalue weighted by Crippen LogP contribution is -2.36. The lowest BCUT2D eigenvalue weighted by atomic mass is 10.1. The van der Waals surface area contributed by atoms with E-state index in [4.69, 9.17) is 4.42 Å². The van der Waals surface area contributed by atoms with Crippen LogP contribution in [0.4, 0.5) is 0 Å². The minimum absolute atomic E-state index is 0. The van der Waals surface area contributed by atoms with Crippen LogP contribution >= 0.6 is 35.3 Å². The van der Waals surface area contributed by atoms with Crippen molar-refractivity contribution in [3.63, 3.8) is 0 Å². The zero-order chi connectivity index (χ0) is 19.2. The summed E-state index contributed by atoms with van der Waals surface area (Å²) in [4.78, 5) is 14.7. The summed E-state index contributed by atoms with van der Waals surface area (Å²) in [6.45, 7) is 10.0. The molecule has 0 fully saturated rings. The predicted octanol–water partition coefficient (Wildman–Crippen LogP) is 4.60. The van der Waals surface area contributed by atoms with Crippen molar-refractivity contribution in [1.82, 2.24) is 20.6 Å². The van der Waals surface area contributed by atoms with Gasteiger partial charge in [-0.2, -0.15) is 0 Å². The zero-order valence-electron chi connectivity index (χ0n) is 16.6. The fourth-order valence-corrected chi connectivity index (χ4v) is 3.37. The van der Waals surface area contributed by atoms with Crippen LogP contribution in [0.15, 0.2) is 39.9 Å². The highest BCUT2D eigenvalue weighted by Gasteiger charge is 2.08. The summed E-state index contributed by atoms with van der Waals surface area (Å²) in [5.41, 5.74) is 3.32. The Bertz CT molecular complexity index is 898. The van der Waals surface area contributed by atoms with Gasteiger partial charge in [-0.1, -0.05) is 29.8 Å². The number of hydrogen-bond acceptors (Lipinski definition) is 5. The van der Waals surface area contributed by atoms with Crippen LogP contribution in [-0.2, 0) is 13.1 Å². The summed E-state index contributed by atoms with van der Waals surface area (Å²) in [5.74, 6) is 2.06. The van der Waals surface area contributed by atoms with E-state index in [1.165, 1.54) is 10.4 Å². The van der Waals surface area contributed by atoms with E-state index in [1.54, 1.807) is 17.5 Å². The smallest absolute Gasteiger partial charge is 0.216 e. The molecule has 2 N–H and O–H groups in total. The normalized spacial score (nSPS) is 11.2. The summed E-state index contributed by atoms with van der Waals surface area (Å²) >= 11 is 1.70. The van der Waals surface area contributed by atoms with Gasteiger partial charge in [-0.05, 0) is 27.7 Å². The molecule has 0 amide bonds. The van der Waals surface area contributed by atoms with Crippen molar-refractivity contribution < 1.29 is 4.42 Å². The Morgan fingerprint density at radius 3 is 2.54 bits per heavy atom. The number of guanidine groups is 1. The molecule has 0 spiro atoms. The Morgan fingerprint density at radius 1 is 1.14 bits per heavy atom. The van der Waals surface area contributed by atoms with E-state index in [9.17, 15) is 0 Å². The Balaban J connectivity index is 0.00000280. The number of aliphatic imine (C=N–C) groups is 1. The number of nitrogens with zero attached hydrogens (tertiary/aromatic N) is 3. The second kappa shape index (κ2) is 10.6. The molecule has 28 heavy (non-hydrogen) atoms. The van der Waals surface area contributed by atoms with Gasteiger partial charge in [-0.15, -0.1) is 35.3 Å². The maximum atomic E-state index is 5.84. The third-order valence-corrected chi connectivity index (χ3v) is 5.16. The highest BCUT2D eigenvalue weighted by Crippen LogP contribution is 2.21. The molecule has 1 aromatic carbocycles. The Labute approximate surface area is 186 Å². The Morgan fingerprint density at radius 2 is 1.89 bits per heavy atom. The molecule has 0 aliphatic carbocycles. The Kier molecular flexibility index (Phi) is 8.43. The van der Waals surface area contributed by atoms with Crippen LogP contribution in [-0.4, -0.2) is 22.5 Å². The molecule has 0 bridgehead atoms. The average molecular weight is 511 g/mol. The molecular weight excluding hydrogens is 485 g/mol. The van der Waals surface area contributed by atoms with E-state index in [1.807, 2.05) is 26.0 Å². The third kappa shape index (κ3) is 6.03. The summed E-state index contributed by atoms with van der Waals surface area (Å²) < 4.78 is 5.84. The lowest BCUT2D eigenvalue weighted by Gasteiger charge is -2.09. The number of thiazole rings is 1. The Hall–Kier alpha value is -1.94. The van der Waals surface area contributed by atoms with Crippen LogP contribution < -0.4 is 10.6 Å². The number of aryl methyl sites for hydroxylation is 3. The number of benzene rings is 1. The molecule has 0 aliphatic heterocycles. The first kappa shape index (κ1) is 22.4. The summed E-state index contributed by atoms with van der Waals surface area (Å²) in [6, 6.07) is 8.19. The number of nitrogens with one attached hydrogen (secondary N) is 2. The molecular formula is C20H26IN5OS. The molecule has 3 rings (SSSR count). The largest absolute Gasteiger partial charge is 0.439 e. The van der Waals surface area contributed by atoms with Crippen LogP contribution in [0, 0.1) is 20.8 Å². The maximum absolute atomic E-state index is 5.84. The molecule has 8 heteroatoms. The van der Waals surface area contributed by atoms with Crippen molar-refractivity contribution in [1.29, 1.82) is 0 Å². The summed E-state index contributed by atoms with van der Waals surface area (Å²) in [7, 11) is 0. The standard InChI is InChI=1S/C20H25N5OS.HI/c1-5-21-20(24-12-19-25-14(3)15(4)27-19)23-11-18-22-10-17(26-18)16-8-6-13(2)7-9-16;/h6-10H,5,11-12H2,1-4H3,(H2,21,23,24);1H. The van der Waals surface area contributed by atoms with Gasteiger partial charge in [0.15, 0.2) is 11.7 Å². The van der Waals surface area contributed by atoms with Crippen LogP contribution in [0.25, 0.3) is 11.3 Å². The second-order valence-electron chi connectivity index (χ2n) is 6.28. The van der Waals surface area contributed by atoms with Crippen LogP contribution in [0.3, 0.4) is 0 Å². The predicted molar refractivity (Wildman–Crippen MR) is 125 cm³/mol. The van der Waals surface area contributed by atoms with Crippen molar-refractivity contribution in [2.24, 2.45) is 4.99 Å². The monoisotopic (exact) mass is 511 g/mol. The van der Waals surface area contributed by atoms with E-state index >= 15 is 0 Å². The molecule has 2 aromatic heterocycles. The van der Waals surface area contributed by atoms with Crippen molar-refractivity contribution in [3.05, 3.63) is 57.5 Å². The quantitative estimate of drug-likeness (QED) is 0.288. The fraction of sp³-hybridized carbons (Fsp3) is 0.350. The van der Waals surface area contributed by atoms with Gasteiger partial charge < -0.3 is 15.1 Å². The number of hydrogen-bond donors (Lipinski definition) is 2. The van der Waals surface area contributed by atoms with E-state index < -0.39 is 0 Å². The average Bonchev–Trinajstić information content (AvgIpc) is 3.25. The number of halogens is 1.